The molecule has 7 nitrogen and oxygen atoms in total. The Labute approximate surface area is 447 Å². The number of fused-ring (bicyclic) bond motifs is 12. The van der Waals surface area contributed by atoms with Crippen LogP contribution in [0.2, 0.25) is 0 Å². The first-order chi connectivity index (χ1) is 38.7. The van der Waals surface area contributed by atoms with E-state index >= 15 is 0 Å². The van der Waals surface area contributed by atoms with Crippen LogP contribution in [0.5, 0.6) is 0 Å². The molecule has 0 atom stereocenters. The van der Waals surface area contributed by atoms with Crippen LogP contribution in [-0.4, -0.2) is 28.2 Å². The molecule has 0 amide bonds. The minimum atomic E-state index is 0.492. The molecule has 0 saturated carbocycles. The van der Waals surface area contributed by atoms with Crippen LogP contribution in [0.3, 0.4) is 0 Å². The van der Waals surface area contributed by atoms with Crippen molar-refractivity contribution in [1.29, 1.82) is 5.26 Å². The van der Waals surface area contributed by atoms with E-state index in [0.29, 0.717) is 17.1 Å². The van der Waals surface area contributed by atoms with E-state index in [9.17, 15) is 5.26 Å². The lowest BCUT2D eigenvalue weighted by molar-refractivity contribution is 1.03. The number of hydrogen-bond acceptors (Lipinski definition) is 3. The van der Waals surface area contributed by atoms with Crippen molar-refractivity contribution >= 4 is 87.2 Å². The molecule has 0 unspecified atom stereocenters. The van der Waals surface area contributed by atoms with Crippen molar-refractivity contribution in [2.45, 2.75) is 0 Å². The molecule has 362 valence electrons. The Kier molecular flexibility index (Phi) is 9.56. The lowest BCUT2D eigenvalue weighted by Gasteiger charge is -2.29. The molecule has 0 saturated heterocycles. The van der Waals surface area contributed by atoms with E-state index in [4.69, 9.17) is 9.97 Å². The van der Waals surface area contributed by atoms with Gasteiger partial charge in [-0.05, 0) is 54.6 Å². The molecule has 0 aliphatic heterocycles. The van der Waals surface area contributed by atoms with Crippen LogP contribution >= 0.6 is 0 Å². The molecule has 0 bridgehead atoms. The normalized spacial score (nSPS) is 11.8. The third kappa shape index (κ3) is 6.26. The van der Waals surface area contributed by atoms with Gasteiger partial charge in [0.05, 0.1) is 83.8 Å². The maximum absolute atomic E-state index is 12.9. The summed E-state index contributed by atoms with van der Waals surface area (Å²) in [6, 6.07) is 95.0. The number of rotatable bonds is 7. The van der Waals surface area contributed by atoms with Crippen LogP contribution in [0.4, 0.5) is 0 Å². The van der Waals surface area contributed by atoms with Crippen molar-refractivity contribution in [2.75, 3.05) is 0 Å². The van der Waals surface area contributed by atoms with Gasteiger partial charge in [-0.15, -0.1) is 0 Å². The monoisotopic (exact) mass is 993 g/mol. The maximum Gasteiger partial charge on any atom is 0.160 e. The van der Waals surface area contributed by atoms with Crippen LogP contribution in [-0.2, 0) is 0 Å². The van der Waals surface area contributed by atoms with Gasteiger partial charge in [-0.3, -0.25) is 0 Å². The fourth-order valence-corrected chi connectivity index (χ4v) is 12.6. The van der Waals surface area contributed by atoms with Gasteiger partial charge < -0.3 is 18.3 Å². The van der Waals surface area contributed by atoms with Crippen molar-refractivity contribution < 1.29 is 0 Å². The van der Waals surface area contributed by atoms with E-state index in [-0.39, 0.29) is 0 Å². The molecule has 78 heavy (non-hydrogen) atoms. The van der Waals surface area contributed by atoms with Crippen LogP contribution in [0.15, 0.2) is 261 Å². The predicted octanol–water partition coefficient (Wildman–Crippen LogP) is 17.7. The molecule has 0 spiro atoms. The second-order valence-electron chi connectivity index (χ2n) is 19.9. The summed E-state index contributed by atoms with van der Waals surface area (Å²) in [5.41, 5.74) is 15.5. The van der Waals surface area contributed by atoms with Gasteiger partial charge in [0, 0.05) is 54.2 Å². The third-order valence-electron chi connectivity index (χ3n) is 15.8. The predicted molar refractivity (Wildman–Crippen MR) is 320 cm³/mol. The number of benzene rings is 11. The molecule has 0 N–H and O–H groups in total. The van der Waals surface area contributed by atoms with Gasteiger partial charge in [0.2, 0.25) is 0 Å². The molecule has 0 radical (unpaired) electrons. The SMILES string of the molecule is N#Cc1c(-n2c3ccccc3c3ccccc32)c(-n2c3ccccc3c3ccccc32)c(-c2cc(-c3ccccc3)nc(-c3ccccc3)n2)c(-n2c3ccccc3c3ccccc32)c1-n1c2ccccc2c2ccccc21. The molecular weight excluding hydrogens is 951 g/mol. The number of nitriles is 1. The summed E-state index contributed by atoms with van der Waals surface area (Å²) in [6.07, 6.45) is 0. The van der Waals surface area contributed by atoms with Crippen molar-refractivity contribution in [2.24, 2.45) is 0 Å². The van der Waals surface area contributed by atoms with Crippen LogP contribution in [0.1, 0.15) is 5.56 Å². The highest BCUT2D eigenvalue weighted by molar-refractivity contribution is 6.17. The zero-order valence-electron chi connectivity index (χ0n) is 42.0. The van der Waals surface area contributed by atoms with Crippen molar-refractivity contribution in [3.05, 3.63) is 266 Å². The van der Waals surface area contributed by atoms with Crippen LogP contribution < -0.4 is 0 Å². The molecule has 0 aliphatic rings. The minimum Gasteiger partial charge on any atom is -0.306 e. The molecule has 0 fully saturated rings. The molecule has 5 heterocycles. The number of hydrogen-bond donors (Lipinski definition) is 0. The molecular formula is C71H43N7. The topological polar surface area (TPSA) is 69.3 Å². The molecule has 16 aromatic rings. The third-order valence-corrected chi connectivity index (χ3v) is 15.8. The van der Waals surface area contributed by atoms with Gasteiger partial charge in [0.25, 0.3) is 0 Å². The van der Waals surface area contributed by atoms with Gasteiger partial charge in [-0.25, -0.2) is 9.97 Å². The Balaban J connectivity index is 1.27. The second-order valence-corrected chi connectivity index (χ2v) is 19.9. The fourth-order valence-electron chi connectivity index (χ4n) is 12.6. The average Bonchev–Trinajstić information content (AvgIpc) is 4.30. The summed E-state index contributed by atoms with van der Waals surface area (Å²) in [4.78, 5) is 11.3. The molecule has 11 aromatic carbocycles. The molecule has 5 aromatic heterocycles. The molecule has 7 heteroatoms. The largest absolute Gasteiger partial charge is 0.306 e. The van der Waals surface area contributed by atoms with Crippen LogP contribution in [0.25, 0.3) is 144 Å². The first kappa shape index (κ1) is 43.6. The Morgan fingerprint density at radius 3 is 0.833 bits per heavy atom. The second kappa shape index (κ2) is 17.1. The number of nitrogens with zero attached hydrogens (tertiary/aromatic N) is 7. The van der Waals surface area contributed by atoms with Gasteiger partial charge in [-0.1, -0.05) is 206 Å². The smallest absolute Gasteiger partial charge is 0.160 e. The van der Waals surface area contributed by atoms with Crippen molar-refractivity contribution in [3.63, 3.8) is 0 Å². The highest BCUT2D eigenvalue weighted by atomic mass is 15.1. The zero-order valence-corrected chi connectivity index (χ0v) is 42.0. The van der Waals surface area contributed by atoms with E-state index < -0.39 is 0 Å². The Hall–Kier alpha value is -10.8. The summed E-state index contributed by atoms with van der Waals surface area (Å²) in [5.74, 6) is 0.578. The number of para-hydroxylation sites is 8. The fraction of sp³-hybridized carbons (Fsp3) is 0. The summed E-state index contributed by atoms with van der Waals surface area (Å²) in [7, 11) is 0. The van der Waals surface area contributed by atoms with E-state index in [0.717, 1.165) is 132 Å². The summed E-state index contributed by atoms with van der Waals surface area (Å²) in [5, 5.41) is 21.6. The first-order valence-electron chi connectivity index (χ1n) is 26.3. The highest BCUT2D eigenvalue weighted by Gasteiger charge is 2.36. The summed E-state index contributed by atoms with van der Waals surface area (Å²) >= 11 is 0. The molecule has 0 aliphatic carbocycles. The molecule has 16 rings (SSSR count). The highest BCUT2D eigenvalue weighted by Crippen LogP contribution is 2.52. The Morgan fingerprint density at radius 2 is 0.526 bits per heavy atom. The first-order valence-corrected chi connectivity index (χ1v) is 26.3. The summed E-state index contributed by atoms with van der Waals surface area (Å²) < 4.78 is 9.55. The van der Waals surface area contributed by atoms with E-state index in [1.165, 1.54) is 0 Å². The Morgan fingerprint density at radius 1 is 0.269 bits per heavy atom. The van der Waals surface area contributed by atoms with Crippen molar-refractivity contribution in [3.8, 4) is 62.7 Å². The van der Waals surface area contributed by atoms with Gasteiger partial charge >= 0.3 is 0 Å². The quantitative estimate of drug-likeness (QED) is 0.160. The van der Waals surface area contributed by atoms with E-state index in [2.05, 4.69) is 261 Å². The Bertz CT molecular complexity index is 4640. The van der Waals surface area contributed by atoms with E-state index in [1.807, 2.05) is 24.3 Å². The average molecular weight is 994 g/mol. The minimum absolute atomic E-state index is 0.492. The number of aromatic nitrogens is 6. The van der Waals surface area contributed by atoms with Crippen molar-refractivity contribution in [1.82, 2.24) is 28.2 Å². The van der Waals surface area contributed by atoms with Gasteiger partial charge in [-0.2, -0.15) is 5.26 Å². The summed E-state index contributed by atoms with van der Waals surface area (Å²) in [6.45, 7) is 0. The van der Waals surface area contributed by atoms with Gasteiger partial charge in [0.15, 0.2) is 5.82 Å². The maximum atomic E-state index is 12.9. The van der Waals surface area contributed by atoms with E-state index in [1.54, 1.807) is 0 Å². The zero-order chi connectivity index (χ0) is 51.4. The lowest BCUT2D eigenvalue weighted by Crippen LogP contribution is -2.17. The lowest BCUT2D eigenvalue weighted by atomic mass is 9.95. The van der Waals surface area contributed by atoms with Gasteiger partial charge in [0.1, 0.15) is 11.6 Å². The standard InChI is InChI=1S/C71H43N7/c72-44-55-67(75-58-35-15-7-27-47(58)48-28-8-16-36-59(48)75)69(77-62-39-19-11-31-51(62)52-32-12-20-40-63(52)77)66(57-43-56(45-23-3-1-4-24-45)73-71(74-57)46-25-5-2-6-26-46)70(78-64-41-21-13-33-53(64)54-34-14-22-42-65(54)78)68(55)76-60-37-17-9-29-49(60)50-30-10-18-38-61(50)76/h1-43H. The van der Waals surface area contributed by atoms with Crippen LogP contribution in [0, 0.1) is 11.3 Å².